The smallest absolute Gasteiger partial charge is 0.255 e. The zero-order chi connectivity index (χ0) is 19.5. The van der Waals surface area contributed by atoms with Crippen molar-refractivity contribution in [2.75, 3.05) is 19.1 Å². The van der Waals surface area contributed by atoms with Gasteiger partial charge in [0.25, 0.3) is 5.91 Å². The first kappa shape index (κ1) is 18.2. The van der Waals surface area contributed by atoms with E-state index in [0.717, 1.165) is 28.6 Å². The molecular formula is C19H19N5O3S. The van der Waals surface area contributed by atoms with Crippen molar-refractivity contribution in [3.63, 3.8) is 0 Å². The molecule has 2 heterocycles. The van der Waals surface area contributed by atoms with Crippen LogP contribution in [-0.2, 0) is 17.6 Å². The number of carbonyl (C=O) groups excluding carboxylic acids is 1. The summed E-state index contributed by atoms with van der Waals surface area (Å²) in [7, 11) is 1.53. The summed E-state index contributed by atoms with van der Waals surface area (Å²) in [5, 5.41) is 5.39. The lowest BCUT2D eigenvalue weighted by Crippen LogP contribution is -2.20. The molecule has 9 heteroatoms. The zero-order valence-electron chi connectivity index (χ0n) is 15.3. The van der Waals surface area contributed by atoms with Crippen LogP contribution in [0.25, 0.3) is 10.2 Å². The number of rotatable bonds is 7. The van der Waals surface area contributed by atoms with E-state index in [-0.39, 0.29) is 6.61 Å². The van der Waals surface area contributed by atoms with Crippen LogP contribution in [0.5, 0.6) is 11.5 Å². The number of carbonyl (C=O) groups is 1. The normalized spacial score (nSPS) is 13.0. The van der Waals surface area contributed by atoms with Crippen molar-refractivity contribution in [3.05, 3.63) is 40.5 Å². The van der Waals surface area contributed by atoms with Crippen LogP contribution in [0.3, 0.4) is 0 Å². The average Bonchev–Trinajstić information content (AvgIpc) is 3.28. The molecule has 0 aliphatic heterocycles. The van der Waals surface area contributed by atoms with Crippen LogP contribution in [0.15, 0.2) is 29.6 Å². The summed E-state index contributed by atoms with van der Waals surface area (Å²) in [6.07, 6.45) is 6.58. The molecule has 0 radical (unpaired) electrons. The molecule has 8 nitrogen and oxygen atoms in total. The first-order chi connectivity index (χ1) is 13.7. The van der Waals surface area contributed by atoms with E-state index < -0.39 is 5.91 Å². The Balaban J connectivity index is 1.52. The van der Waals surface area contributed by atoms with Gasteiger partial charge in [0, 0.05) is 4.88 Å². The summed E-state index contributed by atoms with van der Waals surface area (Å²) in [5.74, 6) is 1.10. The molecule has 0 saturated heterocycles. The number of hydrazone groups is 1. The predicted molar refractivity (Wildman–Crippen MR) is 108 cm³/mol. The molecule has 1 aliphatic rings. The minimum atomic E-state index is -0.548. The van der Waals surface area contributed by atoms with E-state index in [2.05, 4.69) is 20.5 Å². The van der Waals surface area contributed by atoms with E-state index in [1.54, 1.807) is 36.0 Å². The molecule has 0 atom stereocenters. The largest absolute Gasteiger partial charge is 0.493 e. The molecule has 4 rings (SSSR count). The number of nitrogens with one attached hydrogen (secondary N) is 1. The second-order valence-corrected chi connectivity index (χ2v) is 7.38. The van der Waals surface area contributed by atoms with Crippen molar-refractivity contribution < 1.29 is 14.3 Å². The summed E-state index contributed by atoms with van der Waals surface area (Å²) >= 11 is 1.74. The number of thiophene rings is 1. The van der Waals surface area contributed by atoms with Gasteiger partial charge in [0.2, 0.25) is 0 Å². The molecule has 0 saturated carbocycles. The van der Waals surface area contributed by atoms with Gasteiger partial charge in [0.05, 0.1) is 18.7 Å². The standard InChI is InChI=1S/C19H19N5O3S/c1-26-14-7-11(5-6-13(14)27-9-16(20)25)8-23-24-18-17-12-3-2-4-15(12)28-19(17)22-10-21-18/h5-8,10H,2-4,9H2,1H3,(H2,20,25)(H,21,22,24)/b23-8-. The summed E-state index contributed by atoms with van der Waals surface area (Å²) in [5.41, 5.74) is 10.3. The molecular weight excluding hydrogens is 378 g/mol. The monoisotopic (exact) mass is 397 g/mol. The third-order valence-corrected chi connectivity index (χ3v) is 5.64. The second kappa shape index (κ2) is 7.81. The van der Waals surface area contributed by atoms with E-state index >= 15 is 0 Å². The van der Waals surface area contributed by atoms with Gasteiger partial charge in [-0.2, -0.15) is 5.10 Å². The fourth-order valence-corrected chi connectivity index (χ4v) is 4.44. The molecule has 0 fully saturated rings. The van der Waals surface area contributed by atoms with E-state index in [4.69, 9.17) is 15.2 Å². The number of primary amides is 1. The van der Waals surface area contributed by atoms with E-state index in [0.29, 0.717) is 17.3 Å². The Morgan fingerprint density at radius 1 is 1.36 bits per heavy atom. The number of methoxy groups -OCH3 is 1. The van der Waals surface area contributed by atoms with Crippen molar-refractivity contribution in [3.8, 4) is 11.5 Å². The highest BCUT2D eigenvalue weighted by Gasteiger charge is 2.20. The van der Waals surface area contributed by atoms with Crippen LogP contribution in [0.1, 0.15) is 22.4 Å². The summed E-state index contributed by atoms with van der Waals surface area (Å²) in [6.45, 7) is -0.208. The molecule has 1 amide bonds. The minimum Gasteiger partial charge on any atom is -0.493 e. The highest BCUT2D eigenvalue weighted by molar-refractivity contribution is 7.19. The maximum atomic E-state index is 10.9. The molecule has 2 aromatic heterocycles. The first-order valence-electron chi connectivity index (χ1n) is 8.79. The summed E-state index contributed by atoms with van der Waals surface area (Å²) < 4.78 is 10.6. The van der Waals surface area contributed by atoms with E-state index in [1.165, 1.54) is 24.0 Å². The summed E-state index contributed by atoms with van der Waals surface area (Å²) in [6, 6.07) is 5.28. The van der Waals surface area contributed by atoms with Crippen LogP contribution >= 0.6 is 11.3 Å². The molecule has 1 aromatic carbocycles. The van der Waals surface area contributed by atoms with E-state index in [1.807, 2.05) is 6.07 Å². The Bertz CT molecular complexity index is 1060. The molecule has 0 bridgehead atoms. The van der Waals surface area contributed by atoms with Gasteiger partial charge >= 0.3 is 0 Å². The predicted octanol–water partition coefficient (Wildman–Crippen LogP) is 2.50. The van der Waals surface area contributed by atoms with Gasteiger partial charge < -0.3 is 15.2 Å². The number of hydrogen-bond acceptors (Lipinski definition) is 8. The number of benzene rings is 1. The average molecular weight is 397 g/mol. The lowest BCUT2D eigenvalue weighted by Gasteiger charge is -2.09. The van der Waals surface area contributed by atoms with E-state index in [9.17, 15) is 4.79 Å². The van der Waals surface area contributed by atoms with Gasteiger partial charge in [-0.25, -0.2) is 9.97 Å². The lowest BCUT2D eigenvalue weighted by atomic mass is 10.2. The van der Waals surface area contributed by atoms with Crippen molar-refractivity contribution in [1.29, 1.82) is 0 Å². The van der Waals surface area contributed by atoms with Crippen LogP contribution in [0.4, 0.5) is 5.82 Å². The Morgan fingerprint density at radius 3 is 3.07 bits per heavy atom. The molecule has 3 aromatic rings. The van der Waals surface area contributed by atoms with Crippen molar-refractivity contribution in [2.24, 2.45) is 10.8 Å². The highest BCUT2D eigenvalue weighted by Crippen LogP contribution is 2.39. The van der Waals surface area contributed by atoms with Crippen LogP contribution in [0.2, 0.25) is 0 Å². The Kier molecular flexibility index (Phi) is 5.07. The SMILES string of the molecule is COc1cc(/C=N\Nc2ncnc3sc4c(c23)CCC4)ccc1OCC(N)=O. The quantitative estimate of drug-likeness (QED) is 0.468. The number of anilines is 1. The van der Waals surface area contributed by atoms with Crippen molar-refractivity contribution >= 4 is 39.5 Å². The van der Waals surface area contributed by atoms with Gasteiger partial charge in [-0.1, -0.05) is 0 Å². The Labute approximate surface area is 165 Å². The maximum absolute atomic E-state index is 10.9. The number of aromatic nitrogens is 2. The van der Waals surface area contributed by atoms with Crippen molar-refractivity contribution in [1.82, 2.24) is 9.97 Å². The highest BCUT2D eigenvalue weighted by atomic mass is 32.1. The third-order valence-electron chi connectivity index (χ3n) is 4.44. The third kappa shape index (κ3) is 3.61. The van der Waals surface area contributed by atoms with Crippen LogP contribution < -0.4 is 20.6 Å². The maximum Gasteiger partial charge on any atom is 0.255 e. The molecule has 1 aliphatic carbocycles. The number of amides is 1. The van der Waals surface area contributed by atoms with Gasteiger partial charge in [-0.05, 0) is 48.6 Å². The Hall–Kier alpha value is -3.20. The fraction of sp³-hybridized carbons (Fsp3) is 0.263. The number of nitrogens with two attached hydrogens (primary N) is 1. The van der Waals surface area contributed by atoms with Gasteiger partial charge in [0.1, 0.15) is 11.2 Å². The second-order valence-electron chi connectivity index (χ2n) is 6.30. The number of aryl methyl sites for hydroxylation is 2. The summed E-state index contributed by atoms with van der Waals surface area (Å²) in [4.78, 5) is 22.0. The lowest BCUT2D eigenvalue weighted by molar-refractivity contribution is -0.119. The molecule has 0 unspecified atom stereocenters. The molecule has 144 valence electrons. The molecule has 0 spiro atoms. The van der Waals surface area contributed by atoms with Gasteiger partial charge in [0.15, 0.2) is 23.9 Å². The van der Waals surface area contributed by atoms with Crippen LogP contribution in [0, 0.1) is 0 Å². The number of hydrogen-bond donors (Lipinski definition) is 2. The number of fused-ring (bicyclic) bond motifs is 3. The van der Waals surface area contributed by atoms with Crippen LogP contribution in [-0.4, -0.2) is 35.8 Å². The zero-order valence-corrected chi connectivity index (χ0v) is 16.1. The minimum absolute atomic E-state index is 0.208. The van der Waals surface area contributed by atoms with Gasteiger partial charge in [-0.3, -0.25) is 10.2 Å². The number of ether oxygens (including phenoxy) is 2. The van der Waals surface area contributed by atoms with Gasteiger partial charge in [-0.15, -0.1) is 11.3 Å². The molecule has 3 N–H and O–H groups in total. The first-order valence-corrected chi connectivity index (χ1v) is 9.61. The van der Waals surface area contributed by atoms with Crippen molar-refractivity contribution in [2.45, 2.75) is 19.3 Å². The Morgan fingerprint density at radius 2 is 2.25 bits per heavy atom. The number of nitrogens with zero attached hydrogens (tertiary/aromatic N) is 3. The molecule has 28 heavy (non-hydrogen) atoms. The topological polar surface area (TPSA) is 112 Å². The fourth-order valence-electron chi connectivity index (χ4n) is 3.21.